The lowest BCUT2D eigenvalue weighted by Gasteiger charge is -2.18. The van der Waals surface area contributed by atoms with Crippen molar-refractivity contribution in [1.82, 2.24) is 20.1 Å². The van der Waals surface area contributed by atoms with Gasteiger partial charge in [0.25, 0.3) is 0 Å². The van der Waals surface area contributed by atoms with E-state index in [-0.39, 0.29) is 11.9 Å². The van der Waals surface area contributed by atoms with E-state index in [0.717, 1.165) is 29.8 Å². The molecule has 1 amide bonds. The molecule has 0 spiro atoms. The molecule has 5 nitrogen and oxygen atoms in total. The summed E-state index contributed by atoms with van der Waals surface area (Å²) < 4.78 is 1.82. The summed E-state index contributed by atoms with van der Waals surface area (Å²) in [5.74, 6) is 0.0544. The van der Waals surface area contributed by atoms with Crippen LogP contribution in [0.4, 0.5) is 0 Å². The lowest BCUT2D eigenvalue weighted by atomic mass is 10.1. The second-order valence-corrected chi connectivity index (χ2v) is 5.97. The van der Waals surface area contributed by atoms with Crippen molar-refractivity contribution >= 4 is 5.91 Å². The fourth-order valence-corrected chi connectivity index (χ4v) is 2.84. The molecule has 1 atom stereocenters. The summed E-state index contributed by atoms with van der Waals surface area (Å²) >= 11 is 0. The number of para-hydroxylation sites is 1. The number of aromatic nitrogens is 3. The third kappa shape index (κ3) is 4.53. The Balaban J connectivity index is 1.57. The average molecular weight is 334 g/mol. The number of pyridine rings is 1. The third-order valence-electron chi connectivity index (χ3n) is 4.09. The van der Waals surface area contributed by atoms with Crippen LogP contribution >= 0.6 is 0 Å². The highest BCUT2D eigenvalue weighted by Gasteiger charge is 2.14. The van der Waals surface area contributed by atoms with Crippen LogP contribution in [0.2, 0.25) is 0 Å². The van der Waals surface area contributed by atoms with Gasteiger partial charge in [0.1, 0.15) is 0 Å². The zero-order valence-electron chi connectivity index (χ0n) is 14.3. The fourth-order valence-electron chi connectivity index (χ4n) is 2.84. The molecular formula is C20H22N4O. The maximum absolute atomic E-state index is 12.3. The molecule has 128 valence electrons. The Kier molecular flexibility index (Phi) is 5.57. The molecule has 25 heavy (non-hydrogen) atoms. The number of rotatable bonds is 7. The Hall–Kier alpha value is -2.95. The molecule has 2 aromatic heterocycles. The zero-order valence-corrected chi connectivity index (χ0v) is 14.3. The number of hydrogen-bond acceptors (Lipinski definition) is 3. The van der Waals surface area contributed by atoms with Gasteiger partial charge >= 0.3 is 0 Å². The lowest BCUT2D eigenvalue weighted by molar-refractivity contribution is -0.121. The molecule has 0 fully saturated rings. The minimum absolute atomic E-state index is 0.0544. The Morgan fingerprint density at radius 2 is 1.96 bits per heavy atom. The van der Waals surface area contributed by atoms with Crippen LogP contribution in [0.15, 0.2) is 67.1 Å². The summed E-state index contributed by atoms with van der Waals surface area (Å²) in [7, 11) is 0. The normalized spacial score (nSPS) is 11.9. The van der Waals surface area contributed by atoms with Gasteiger partial charge in [0.15, 0.2) is 0 Å². The van der Waals surface area contributed by atoms with E-state index in [2.05, 4.69) is 15.4 Å². The predicted octanol–water partition coefficient (Wildman–Crippen LogP) is 3.47. The molecule has 1 N–H and O–H groups in total. The van der Waals surface area contributed by atoms with Gasteiger partial charge in [-0.15, -0.1) is 0 Å². The van der Waals surface area contributed by atoms with Crippen molar-refractivity contribution in [1.29, 1.82) is 0 Å². The molecule has 0 saturated carbocycles. The first kappa shape index (κ1) is 16.9. The first-order chi connectivity index (χ1) is 12.2. The Labute approximate surface area is 147 Å². The SMILES string of the molecule is C[C@H](NC(=O)CCCc1ccccn1)c1ccccc1-n1cccn1. The highest BCUT2D eigenvalue weighted by molar-refractivity contribution is 5.76. The molecule has 0 aliphatic carbocycles. The lowest BCUT2D eigenvalue weighted by Crippen LogP contribution is -2.27. The largest absolute Gasteiger partial charge is 0.350 e. The summed E-state index contributed by atoms with van der Waals surface area (Å²) in [6, 6.07) is 15.6. The first-order valence-corrected chi connectivity index (χ1v) is 8.52. The van der Waals surface area contributed by atoms with Crippen LogP contribution in [0.25, 0.3) is 5.69 Å². The van der Waals surface area contributed by atoms with Crippen molar-refractivity contribution in [3.05, 3.63) is 78.4 Å². The summed E-state index contributed by atoms with van der Waals surface area (Å²) in [4.78, 5) is 16.5. The van der Waals surface area contributed by atoms with Crippen molar-refractivity contribution in [3.8, 4) is 5.69 Å². The van der Waals surface area contributed by atoms with Crippen molar-refractivity contribution in [3.63, 3.8) is 0 Å². The molecule has 0 aliphatic heterocycles. The highest BCUT2D eigenvalue weighted by Crippen LogP contribution is 2.21. The van der Waals surface area contributed by atoms with E-state index in [1.807, 2.05) is 66.3 Å². The third-order valence-corrected chi connectivity index (χ3v) is 4.09. The van der Waals surface area contributed by atoms with Crippen LogP contribution in [0.5, 0.6) is 0 Å². The van der Waals surface area contributed by atoms with Gasteiger partial charge < -0.3 is 5.32 Å². The van der Waals surface area contributed by atoms with Crippen molar-refractivity contribution in [2.75, 3.05) is 0 Å². The monoisotopic (exact) mass is 334 g/mol. The summed E-state index contributed by atoms with van der Waals surface area (Å²) in [6.07, 6.45) is 7.52. The molecule has 0 unspecified atom stereocenters. The van der Waals surface area contributed by atoms with E-state index in [4.69, 9.17) is 0 Å². The molecule has 1 aromatic carbocycles. The van der Waals surface area contributed by atoms with Crippen molar-refractivity contribution in [2.24, 2.45) is 0 Å². The average Bonchev–Trinajstić information content (AvgIpc) is 3.17. The zero-order chi connectivity index (χ0) is 17.5. The van der Waals surface area contributed by atoms with Crippen LogP contribution in [-0.4, -0.2) is 20.7 Å². The summed E-state index contributed by atoms with van der Waals surface area (Å²) in [5, 5.41) is 7.37. The van der Waals surface area contributed by atoms with E-state index >= 15 is 0 Å². The fraction of sp³-hybridized carbons (Fsp3) is 0.250. The molecule has 0 aliphatic rings. The van der Waals surface area contributed by atoms with E-state index < -0.39 is 0 Å². The Morgan fingerprint density at radius 3 is 2.72 bits per heavy atom. The highest BCUT2D eigenvalue weighted by atomic mass is 16.1. The van der Waals surface area contributed by atoms with Gasteiger partial charge in [-0.05, 0) is 49.6 Å². The number of nitrogens with one attached hydrogen (secondary N) is 1. The minimum atomic E-state index is -0.0808. The van der Waals surface area contributed by atoms with E-state index in [1.54, 1.807) is 12.4 Å². The van der Waals surface area contributed by atoms with Crippen LogP contribution in [-0.2, 0) is 11.2 Å². The maximum atomic E-state index is 12.3. The minimum Gasteiger partial charge on any atom is -0.350 e. The Morgan fingerprint density at radius 1 is 1.12 bits per heavy atom. The van der Waals surface area contributed by atoms with Gasteiger partial charge in [-0.1, -0.05) is 24.3 Å². The van der Waals surface area contributed by atoms with E-state index in [0.29, 0.717) is 6.42 Å². The molecule has 3 rings (SSSR count). The quantitative estimate of drug-likeness (QED) is 0.720. The second-order valence-electron chi connectivity index (χ2n) is 5.97. The van der Waals surface area contributed by atoms with Crippen molar-refractivity contribution < 1.29 is 4.79 Å². The van der Waals surface area contributed by atoms with Crippen molar-refractivity contribution in [2.45, 2.75) is 32.2 Å². The molecule has 5 heteroatoms. The van der Waals surface area contributed by atoms with Crippen LogP contribution < -0.4 is 5.32 Å². The summed E-state index contributed by atoms with van der Waals surface area (Å²) in [6.45, 7) is 2.00. The number of aryl methyl sites for hydroxylation is 1. The Bertz CT molecular complexity index is 800. The number of hydrogen-bond donors (Lipinski definition) is 1. The number of carbonyl (C=O) groups is 1. The van der Waals surface area contributed by atoms with E-state index in [1.165, 1.54) is 0 Å². The number of amides is 1. The van der Waals surface area contributed by atoms with Crippen LogP contribution in [0.1, 0.15) is 37.1 Å². The van der Waals surface area contributed by atoms with Gasteiger partial charge in [0.05, 0.1) is 11.7 Å². The molecule has 2 heterocycles. The molecule has 0 bridgehead atoms. The number of benzene rings is 1. The number of carbonyl (C=O) groups excluding carboxylic acids is 1. The van der Waals surface area contributed by atoms with Crippen LogP contribution in [0, 0.1) is 0 Å². The maximum Gasteiger partial charge on any atom is 0.220 e. The molecule has 3 aromatic rings. The molecule has 0 radical (unpaired) electrons. The van der Waals surface area contributed by atoms with Gasteiger partial charge in [-0.2, -0.15) is 5.10 Å². The van der Waals surface area contributed by atoms with Gasteiger partial charge in [-0.3, -0.25) is 9.78 Å². The summed E-state index contributed by atoms with van der Waals surface area (Å²) in [5.41, 5.74) is 3.05. The predicted molar refractivity (Wildman–Crippen MR) is 97.3 cm³/mol. The second kappa shape index (κ2) is 8.24. The molecule has 0 saturated heterocycles. The van der Waals surface area contributed by atoms with Gasteiger partial charge in [0.2, 0.25) is 5.91 Å². The topological polar surface area (TPSA) is 59.8 Å². The number of nitrogens with zero attached hydrogens (tertiary/aromatic N) is 3. The smallest absolute Gasteiger partial charge is 0.220 e. The van der Waals surface area contributed by atoms with Crippen LogP contribution in [0.3, 0.4) is 0 Å². The first-order valence-electron chi connectivity index (χ1n) is 8.52. The standard InChI is InChI=1S/C20H22N4O/c1-16(18-10-2-3-11-19(18)24-15-7-14-22-24)23-20(25)12-6-9-17-8-4-5-13-21-17/h2-5,7-8,10-11,13-16H,6,9,12H2,1H3,(H,23,25)/t16-/m0/s1. The van der Waals surface area contributed by atoms with Gasteiger partial charge in [-0.25, -0.2) is 4.68 Å². The van der Waals surface area contributed by atoms with E-state index in [9.17, 15) is 4.79 Å². The van der Waals surface area contributed by atoms with Gasteiger partial charge in [0, 0.05) is 30.7 Å². The molecular weight excluding hydrogens is 312 g/mol.